The van der Waals surface area contributed by atoms with Crippen molar-refractivity contribution in [1.29, 1.82) is 0 Å². The molecule has 0 atom stereocenters. The van der Waals surface area contributed by atoms with Gasteiger partial charge in [-0.1, -0.05) is 89.0 Å². The summed E-state index contributed by atoms with van der Waals surface area (Å²) in [6, 6.07) is 39.9. The number of aliphatic carboxylic acids is 2. The number of carbonyl (C=O) groups is 9. The van der Waals surface area contributed by atoms with E-state index in [9.17, 15) is 73.6 Å². The number of carboxylic acids is 2. The van der Waals surface area contributed by atoms with Crippen LogP contribution in [0, 0.1) is 20.2 Å². The Kier molecular flexibility index (Phi) is 36.8. The van der Waals surface area contributed by atoms with Crippen molar-refractivity contribution < 1.29 is 127 Å². The number of carbonyl (C=O) groups excluding carboxylic acids is 7. The van der Waals surface area contributed by atoms with Gasteiger partial charge in [0.1, 0.15) is 57.7 Å². The number of fused-ring (bicyclic) bond motifs is 2. The maximum atomic E-state index is 11.6. The predicted octanol–water partition coefficient (Wildman–Crippen LogP) is 13.4. The summed E-state index contributed by atoms with van der Waals surface area (Å²) >= 11 is 9.31. The van der Waals surface area contributed by atoms with Crippen LogP contribution in [0.5, 0.6) is 40.2 Å². The molecule has 0 spiro atoms. The summed E-state index contributed by atoms with van der Waals surface area (Å²) in [6.45, 7) is 7.95. The summed E-state index contributed by atoms with van der Waals surface area (Å²) in [5.41, 5.74) is 10.3. The van der Waals surface area contributed by atoms with Gasteiger partial charge in [-0.2, -0.15) is 0 Å². The van der Waals surface area contributed by atoms with Crippen molar-refractivity contribution in [1.82, 2.24) is 0 Å². The molecule has 2 aliphatic heterocycles. The molecule has 0 amide bonds. The van der Waals surface area contributed by atoms with E-state index < -0.39 is 43.4 Å². The Labute approximate surface area is 723 Å². The van der Waals surface area contributed by atoms with E-state index in [4.69, 9.17) is 44.7 Å². The first-order valence-corrected chi connectivity index (χ1v) is 38.9. The molecule has 0 aromatic heterocycles. The molecular formula is C86H102BBr3LiN3O24. The van der Waals surface area contributed by atoms with Crippen LogP contribution in [0.2, 0.25) is 0 Å². The number of ether oxygens (including phenoxy) is 5. The Balaban J connectivity index is 0.000000350. The number of nitrogens with zero attached hydrogens (tertiary/aromatic N) is 2. The zero-order valence-corrected chi connectivity index (χ0v) is 70.1. The molecule has 7 fully saturated rings. The van der Waals surface area contributed by atoms with E-state index in [2.05, 4.69) is 47.3 Å². The molecule has 0 unspecified atom stereocenters. The van der Waals surface area contributed by atoms with E-state index in [0.29, 0.717) is 42.0 Å². The number of aliphatic hydroxyl groups excluding tert-OH is 1. The fraction of sp³-hybridized carbons (Fsp3) is 0.407. The molecule has 7 aliphatic carbocycles. The number of phenolic OH excluding ortho intramolecular Hbond substituents is 2. The maximum Gasteiger partial charge on any atom is 1.00 e. The van der Waals surface area contributed by atoms with Crippen LogP contribution in [0.4, 0.5) is 17.1 Å². The van der Waals surface area contributed by atoms with Crippen LogP contribution < -0.4 is 48.3 Å². The summed E-state index contributed by atoms with van der Waals surface area (Å²) in [7, 11) is 5.63. The molecule has 7 aromatic rings. The number of Topliss-reactive ketones (excluding diaryl/α,β-unsaturated/α-hetero) is 5. The molecule has 0 radical (unpaired) electrons. The Bertz CT molecular complexity index is 4650. The number of hydrogen-bond acceptors (Lipinski definition) is 23. The van der Waals surface area contributed by atoms with Crippen LogP contribution >= 0.6 is 47.3 Å². The standard InChI is InChI=1S/C13H12O3.C12H13NO4.C12H10O4.C12H14O2.C11H11NO4.C11H13NO2.C11H12O3.CH4O.3CH4.BBr3.Li.H2O/c1-8(14)13(4-5-13)10-2-3-11-9(6-10)7-12(15)16-11;1-8(14)12(5-6-12)9-3-4-11(17-2)10(7-9)13(15)16;13-10-6-7-5-8(1-2-9(7)16-10)12(3-4-12)11(14)15;1-9(13)12(7-8-12)10-3-5-11(14-2)6-4-10;1-7(13)11(4-5-11)8-2-3-10(14)9(6-8)12(15)16;1-7(13)11(4-5-11)8-2-3-10(14)9(12)6-8;1-14-9-4-2-8(3-5-9)11(6-7-11)10(12)13;1-2;;;;2-1(3)4;;/h2-3,6H,4-5,7H2,1H3;3-4,7H,5-6H2,1-2H3;1-2,5H,3-4,6H2,(H,14,15);3-6H,7-8H2,1-2H3;2-3,6,14H,4-5H2,1H3;2-3,6,14H,4-5,12H2,1H3;2-5H,6-7H2,1H3,(H,12,13);2H,1H3;3*1H4;;;1H2/q;;;;;;;;;;;;+1;/p-1. The number of hydrogen-bond donors (Lipinski definition) is 6. The van der Waals surface area contributed by atoms with Crippen LogP contribution in [-0.2, 0) is 93.9 Å². The summed E-state index contributed by atoms with van der Waals surface area (Å²) in [5, 5.41) is 65.3. The zero-order valence-electron chi connectivity index (χ0n) is 65.3. The van der Waals surface area contributed by atoms with Gasteiger partial charge >= 0.3 is 57.3 Å². The third-order valence-corrected chi connectivity index (χ3v) is 22.3. The van der Waals surface area contributed by atoms with Crippen LogP contribution in [0.25, 0.3) is 0 Å². The maximum absolute atomic E-state index is 11.6. The van der Waals surface area contributed by atoms with Crippen molar-refractivity contribution in [3.8, 4) is 40.2 Å². The second-order valence-corrected chi connectivity index (χ2v) is 35.4. The number of halogens is 3. The SMILES string of the molecule is BrB(Br)Br.C.C.C.CC(=O)C1(c2ccc(O)c(N)c2)CC1.CC(=O)C1(c2ccc(O)c([N+](=O)[O-])c2)CC1.CC(=O)C1(c2ccc3c(c2)CC(=O)O3)CC1.CO.COc1ccc(C2(C(=O)O)CC2)cc1.COc1ccc(C2(C(C)=O)CC2)cc1.COc1ccc(C2(C(C)=O)CC2)cc1[N+](=O)[O-].O=C1Cc2cc(C3(C(=O)O)CC3)ccc2O1.[Li+].[OH-]. The molecule has 118 heavy (non-hydrogen) atoms. The minimum atomic E-state index is -0.780. The van der Waals surface area contributed by atoms with E-state index in [0.717, 1.165) is 140 Å². The number of benzene rings is 7. The van der Waals surface area contributed by atoms with Crippen LogP contribution in [-0.4, -0.2) is 125 Å². The second-order valence-electron chi connectivity index (χ2n) is 29.0. The number of nitrogens with two attached hydrogens (primary N) is 1. The molecular weight excluding hydrogens is 1720 g/mol. The number of carboxylic acid groups (broad SMARTS) is 2. The van der Waals surface area contributed by atoms with E-state index in [1.54, 1.807) is 108 Å². The monoisotopic (exact) mass is 1820 g/mol. The van der Waals surface area contributed by atoms with Crippen molar-refractivity contribution in [2.75, 3.05) is 34.2 Å². The van der Waals surface area contributed by atoms with E-state index in [-0.39, 0.29) is 142 Å². The van der Waals surface area contributed by atoms with Crippen molar-refractivity contribution in [3.63, 3.8) is 0 Å². The first-order valence-electron chi connectivity index (χ1n) is 36.2. The zero-order chi connectivity index (χ0) is 83.5. The average molecular weight is 1820 g/mol. The van der Waals surface area contributed by atoms with Crippen molar-refractivity contribution in [3.05, 3.63) is 210 Å². The third-order valence-electron chi connectivity index (χ3n) is 22.3. The van der Waals surface area contributed by atoms with Crippen molar-refractivity contribution in [2.24, 2.45) is 0 Å². The molecule has 16 rings (SSSR count). The van der Waals surface area contributed by atoms with Gasteiger partial charge in [0.25, 0.3) is 0 Å². The van der Waals surface area contributed by atoms with Gasteiger partial charge in [0.2, 0.25) is 0 Å². The molecule has 0 bridgehead atoms. The third kappa shape index (κ3) is 23.5. The number of anilines is 1. The van der Waals surface area contributed by atoms with Gasteiger partial charge in [-0.25, -0.2) is 0 Å². The number of nitro groups is 2. The molecule has 7 aromatic carbocycles. The first kappa shape index (κ1) is 103. The molecule has 630 valence electrons. The quantitative estimate of drug-likeness (QED) is 0.00833. The van der Waals surface area contributed by atoms with Crippen LogP contribution in [0.3, 0.4) is 0 Å². The number of aliphatic hydroxyl groups is 1. The first-order chi connectivity index (χ1) is 53.4. The molecule has 9 aliphatic rings. The van der Waals surface area contributed by atoms with Gasteiger partial charge in [0.05, 0.1) is 87.6 Å². The molecule has 27 nitrogen and oxygen atoms in total. The Hall–Kier alpha value is -9.61. The molecule has 8 N–H and O–H groups in total. The Morgan fingerprint density at radius 2 is 0.669 bits per heavy atom. The number of nitrogen functional groups attached to an aromatic ring is 1. The number of esters is 2. The van der Waals surface area contributed by atoms with Gasteiger partial charge in [0.15, 0.2) is 11.5 Å². The molecule has 7 saturated carbocycles. The van der Waals surface area contributed by atoms with Crippen molar-refractivity contribution in [2.45, 2.75) is 198 Å². The van der Waals surface area contributed by atoms with Gasteiger partial charge in [0, 0.05) is 30.4 Å². The molecule has 2 heterocycles. The Morgan fingerprint density at radius 1 is 0.415 bits per heavy atom. The summed E-state index contributed by atoms with van der Waals surface area (Å²) in [5.74, 6) is 1.53. The summed E-state index contributed by atoms with van der Waals surface area (Å²) in [4.78, 5) is 122. The number of methoxy groups -OCH3 is 3. The number of phenols is 2. The van der Waals surface area contributed by atoms with Gasteiger partial charge < -0.3 is 60.4 Å². The van der Waals surface area contributed by atoms with E-state index in [1.807, 2.05) is 48.5 Å². The molecule has 0 saturated heterocycles. The summed E-state index contributed by atoms with van der Waals surface area (Å²) in [6.07, 6.45) is 12.0. The minimum Gasteiger partial charge on any atom is -0.870 e. The van der Waals surface area contributed by atoms with Gasteiger partial charge in [-0.05, 0) is 224 Å². The van der Waals surface area contributed by atoms with Gasteiger partial charge in [-0.3, -0.25) is 63.4 Å². The molecule has 32 heteroatoms. The minimum absolute atomic E-state index is 0. The number of nitro benzene ring substituents is 2. The number of rotatable bonds is 19. The van der Waals surface area contributed by atoms with E-state index >= 15 is 0 Å². The topological polar surface area (TPSA) is 443 Å². The van der Waals surface area contributed by atoms with E-state index in [1.165, 1.54) is 39.2 Å². The fourth-order valence-electron chi connectivity index (χ4n) is 14.0. The number of aromatic hydroxyl groups is 2. The smallest absolute Gasteiger partial charge is 0.870 e. The van der Waals surface area contributed by atoms with Gasteiger partial charge in [-0.15, -0.1) is 47.3 Å². The van der Waals surface area contributed by atoms with Crippen LogP contribution in [0.15, 0.2) is 140 Å². The fourth-order valence-corrected chi connectivity index (χ4v) is 14.0. The Morgan fingerprint density at radius 3 is 0.958 bits per heavy atom. The summed E-state index contributed by atoms with van der Waals surface area (Å²) < 4.78 is 25.3. The second kappa shape index (κ2) is 42.4. The normalized spacial score (nSPS) is 16.7. The predicted molar refractivity (Wildman–Crippen MR) is 452 cm³/mol. The van der Waals surface area contributed by atoms with Crippen molar-refractivity contribution >= 4 is 120 Å². The largest absolute Gasteiger partial charge is 1.00 e. The number of ketones is 5. The van der Waals surface area contributed by atoms with Crippen LogP contribution in [0.1, 0.15) is 197 Å². The average Bonchev–Trinajstić information content (AvgIpc) is 1.56.